The fourth-order valence-electron chi connectivity index (χ4n) is 2.47. The molecule has 18 heavy (non-hydrogen) atoms. The van der Waals surface area contributed by atoms with Crippen molar-refractivity contribution in [1.29, 1.82) is 0 Å². The van der Waals surface area contributed by atoms with E-state index < -0.39 is 0 Å². The summed E-state index contributed by atoms with van der Waals surface area (Å²) in [6.45, 7) is 7.26. The van der Waals surface area contributed by atoms with E-state index in [0.717, 1.165) is 25.7 Å². The zero-order valence-corrected chi connectivity index (χ0v) is 12.3. The first-order valence-corrected chi connectivity index (χ1v) is 7.84. The van der Waals surface area contributed by atoms with Crippen molar-refractivity contribution in [2.45, 2.75) is 45.6 Å². The first-order valence-electron chi connectivity index (χ1n) is 7.03. The Hall–Kier alpha value is -0.450. The van der Waals surface area contributed by atoms with Crippen LogP contribution < -0.4 is 5.32 Å². The van der Waals surface area contributed by atoms with E-state index in [2.05, 4.69) is 24.1 Å². The van der Waals surface area contributed by atoms with Gasteiger partial charge in [0.25, 0.3) is 0 Å². The Bertz CT molecular complexity index is 347. The van der Waals surface area contributed by atoms with Gasteiger partial charge in [0.05, 0.1) is 5.01 Å². The molecule has 1 aromatic heterocycles. The van der Waals surface area contributed by atoms with Crippen molar-refractivity contribution in [3.8, 4) is 0 Å². The third kappa shape index (κ3) is 4.04. The van der Waals surface area contributed by atoms with Gasteiger partial charge >= 0.3 is 0 Å². The van der Waals surface area contributed by atoms with Crippen molar-refractivity contribution in [2.75, 3.05) is 19.8 Å². The van der Waals surface area contributed by atoms with Crippen molar-refractivity contribution in [1.82, 2.24) is 10.3 Å². The Kier molecular flexibility index (Phi) is 5.60. The Labute approximate surface area is 114 Å². The number of hydrogen-bond donors (Lipinski definition) is 1. The lowest BCUT2D eigenvalue weighted by Crippen LogP contribution is -2.26. The summed E-state index contributed by atoms with van der Waals surface area (Å²) in [5, 5.41) is 4.84. The quantitative estimate of drug-likeness (QED) is 0.859. The van der Waals surface area contributed by atoms with E-state index in [4.69, 9.17) is 4.74 Å². The van der Waals surface area contributed by atoms with Crippen molar-refractivity contribution in [3.05, 3.63) is 16.1 Å². The van der Waals surface area contributed by atoms with E-state index in [0.29, 0.717) is 6.04 Å². The van der Waals surface area contributed by atoms with Crippen molar-refractivity contribution >= 4 is 11.3 Å². The third-order valence-electron chi connectivity index (χ3n) is 3.53. The van der Waals surface area contributed by atoms with Gasteiger partial charge in [0.15, 0.2) is 0 Å². The van der Waals surface area contributed by atoms with Crippen LogP contribution >= 0.6 is 11.3 Å². The summed E-state index contributed by atoms with van der Waals surface area (Å²) >= 11 is 1.83. The summed E-state index contributed by atoms with van der Waals surface area (Å²) in [4.78, 5) is 5.79. The molecule has 1 unspecified atom stereocenters. The van der Waals surface area contributed by atoms with Crippen LogP contribution in [0, 0.1) is 12.8 Å². The lowest BCUT2D eigenvalue weighted by molar-refractivity contribution is 0.0606. The van der Waals surface area contributed by atoms with E-state index in [1.807, 2.05) is 17.5 Å². The van der Waals surface area contributed by atoms with E-state index in [1.165, 1.54) is 35.6 Å². The van der Waals surface area contributed by atoms with Crippen molar-refractivity contribution in [2.24, 2.45) is 5.92 Å². The molecule has 2 rings (SSSR count). The van der Waals surface area contributed by atoms with Crippen LogP contribution in [0.1, 0.15) is 48.5 Å². The summed E-state index contributed by atoms with van der Waals surface area (Å²) < 4.78 is 5.44. The van der Waals surface area contributed by atoms with Crippen LogP contribution in [0.5, 0.6) is 0 Å². The van der Waals surface area contributed by atoms with Gasteiger partial charge in [0.1, 0.15) is 0 Å². The Balaban J connectivity index is 1.95. The highest BCUT2D eigenvalue weighted by atomic mass is 32.1. The molecule has 1 aliphatic heterocycles. The second-order valence-electron chi connectivity index (χ2n) is 5.08. The molecule has 0 spiro atoms. The van der Waals surface area contributed by atoms with Gasteiger partial charge < -0.3 is 10.1 Å². The van der Waals surface area contributed by atoms with Gasteiger partial charge in [0, 0.05) is 30.3 Å². The Morgan fingerprint density at radius 3 is 2.89 bits per heavy atom. The van der Waals surface area contributed by atoms with Gasteiger partial charge in [-0.15, -0.1) is 11.3 Å². The number of ether oxygens (including phenoxy) is 1. The molecule has 2 heterocycles. The van der Waals surface area contributed by atoms with Crippen LogP contribution in [0.3, 0.4) is 0 Å². The maximum Gasteiger partial charge on any atom is 0.0897 e. The van der Waals surface area contributed by atoms with Gasteiger partial charge in [-0.05, 0) is 45.1 Å². The highest BCUT2D eigenvalue weighted by Crippen LogP contribution is 2.30. The number of nitrogens with zero attached hydrogens (tertiary/aromatic N) is 1. The van der Waals surface area contributed by atoms with Crippen LogP contribution in [0.25, 0.3) is 0 Å². The second kappa shape index (κ2) is 7.22. The topological polar surface area (TPSA) is 34.1 Å². The lowest BCUT2D eigenvalue weighted by Gasteiger charge is -2.26. The van der Waals surface area contributed by atoms with E-state index in [-0.39, 0.29) is 0 Å². The first-order chi connectivity index (χ1) is 8.79. The monoisotopic (exact) mass is 268 g/mol. The maximum atomic E-state index is 5.44. The molecule has 3 nitrogen and oxygen atoms in total. The minimum absolute atomic E-state index is 0.485. The van der Waals surface area contributed by atoms with Crippen LogP contribution in [0.15, 0.2) is 6.20 Å². The standard InChI is InChI=1S/C14H24N2OS/c1-3-6-15-13(14-10-16-11(2)18-14)9-12-4-7-17-8-5-12/h10,12-13,15H,3-9H2,1-2H3. The average Bonchev–Trinajstić information content (AvgIpc) is 2.82. The Morgan fingerprint density at radius 1 is 1.50 bits per heavy atom. The first kappa shape index (κ1) is 14.0. The molecule has 1 atom stereocenters. The molecule has 1 fully saturated rings. The molecular weight excluding hydrogens is 244 g/mol. The maximum absolute atomic E-state index is 5.44. The molecule has 1 saturated heterocycles. The number of aromatic nitrogens is 1. The summed E-state index contributed by atoms with van der Waals surface area (Å²) in [7, 11) is 0. The van der Waals surface area contributed by atoms with Gasteiger partial charge in [-0.2, -0.15) is 0 Å². The highest BCUT2D eigenvalue weighted by molar-refractivity contribution is 7.11. The normalized spacial score (nSPS) is 19.0. The van der Waals surface area contributed by atoms with Crippen molar-refractivity contribution in [3.63, 3.8) is 0 Å². The summed E-state index contributed by atoms with van der Waals surface area (Å²) in [6.07, 6.45) is 6.88. The Morgan fingerprint density at radius 2 is 2.28 bits per heavy atom. The minimum Gasteiger partial charge on any atom is -0.381 e. The average molecular weight is 268 g/mol. The molecule has 0 radical (unpaired) electrons. The van der Waals surface area contributed by atoms with Gasteiger partial charge in [-0.25, -0.2) is 4.98 Å². The number of hydrogen-bond acceptors (Lipinski definition) is 4. The van der Waals surface area contributed by atoms with Crippen LogP contribution in [-0.2, 0) is 4.74 Å². The fourth-order valence-corrected chi connectivity index (χ4v) is 3.35. The molecule has 0 bridgehead atoms. The summed E-state index contributed by atoms with van der Waals surface area (Å²) in [5.74, 6) is 0.801. The number of nitrogens with one attached hydrogen (secondary N) is 1. The summed E-state index contributed by atoms with van der Waals surface area (Å²) in [6, 6.07) is 0.485. The zero-order chi connectivity index (χ0) is 12.8. The molecule has 4 heteroatoms. The molecule has 0 saturated carbocycles. The fraction of sp³-hybridized carbons (Fsp3) is 0.786. The SMILES string of the molecule is CCCNC(CC1CCOCC1)c1cnc(C)s1. The second-order valence-corrected chi connectivity index (χ2v) is 6.35. The predicted molar refractivity (Wildman–Crippen MR) is 76.0 cm³/mol. The van der Waals surface area contributed by atoms with E-state index in [1.54, 1.807) is 0 Å². The summed E-state index contributed by atoms with van der Waals surface area (Å²) in [5.41, 5.74) is 0. The molecule has 102 valence electrons. The highest BCUT2D eigenvalue weighted by Gasteiger charge is 2.21. The predicted octanol–water partition coefficient (Wildman–Crippen LogP) is 3.31. The van der Waals surface area contributed by atoms with Crippen LogP contribution in [0.2, 0.25) is 0 Å². The number of rotatable bonds is 6. The molecule has 1 N–H and O–H groups in total. The van der Waals surface area contributed by atoms with Crippen molar-refractivity contribution < 1.29 is 4.74 Å². The minimum atomic E-state index is 0.485. The van der Waals surface area contributed by atoms with Gasteiger partial charge in [-0.1, -0.05) is 6.92 Å². The zero-order valence-electron chi connectivity index (χ0n) is 11.4. The molecule has 1 aromatic rings. The van der Waals surface area contributed by atoms with Gasteiger partial charge in [0.2, 0.25) is 0 Å². The van der Waals surface area contributed by atoms with Crippen LogP contribution in [0.4, 0.5) is 0 Å². The van der Waals surface area contributed by atoms with E-state index >= 15 is 0 Å². The lowest BCUT2D eigenvalue weighted by atomic mass is 9.92. The smallest absolute Gasteiger partial charge is 0.0897 e. The van der Waals surface area contributed by atoms with Gasteiger partial charge in [-0.3, -0.25) is 0 Å². The molecular formula is C14H24N2OS. The molecule has 1 aliphatic rings. The number of thiazole rings is 1. The van der Waals surface area contributed by atoms with Crippen LogP contribution in [-0.4, -0.2) is 24.7 Å². The molecule has 0 amide bonds. The third-order valence-corrected chi connectivity index (χ3v) is 4.56. The number of aryl methyl sites for hydroxylation is 1. The molecule has 0 aliphatic carbocycles. The van der Waals surface area contributed by atoms with E-state index in [9.17, 15) is 0 Å². The molecule has 0 aromatic carbocycles. The largest absolute Gasteiger partial charge is 0.381 e.